The van der Waals surface area contributed by atoms with E-state index in [1.807, 2.05) is 0 Å². The van der Waals surface area contributed by atoms with Crippen LogP contribution in [0.25, 0.3) is 0 Å². The van der Waals surface area contributed by atoms with E-state index in [2.05, 4.69) is 30.8 Å². The maximum atomic E-state index is 13.6. The number of aromatic amines is 1. The van der Waals surface area contributed by atoms with Crippen molar-refractivity contribution in [2.45, 2.75) is 11.8 Å². The van der Waals surface area contributed by atoms with E-state index in [4.69, 9.17) is 0 Å². The largest absolute Gasteiger partial charge is 0.265 e. The lowest BCUT2D eigenvalue weighted by atomic mass is 10.2. The van der Waals surface area contributed by atoms with Gasteiger partial charge in [-0.1, -0.05) is 0 Å². The zero-order valence-corrected chi connectivity index (χ0v) is 11.9. The third kappa shape index (κ3) is 2.76. The van der Waals surface area contributed by atoms with Gasteiger partial charge in [-0.05, 0) is 34.5 Å². The van der Waals surface area contributed by atoms with Crippen LogP contribution >= 0.6 is 15.9 Å². The molecule has 0 aliphatic heterocycles. The minimum absolute atomic E-state index is 0.0328. The molecule has 0 bridgehead atoms. The first-order valence-corrected chi connectivity index (χ1v) is 7.26. The van der Waals surface area contributed by atoms with Crippen molar-refractivity contribution < 1.29 is 17.2 Å². The maximum Gasteiger partial charge on any atom is 0.265 e. The molecule has 0 fully saturated rings. The Morgan fingerprint density at radius 2 is 2.00 bits per heavy atom. The SMILES string of the molecule is Cc1cc(S(=O)(=O)Nc2[nH]ncc2Br)c(F)cc1F. The van der Waals surface area contributed by atoms with Gasteiger partial charge in [0.05, 0.1) is 10.7 Å². The van der Waals surface area contributed by atoms with Gasteiger partial charge in [0.15, 0.2) is 0 Å². The molecule has 0 aliphatic rings. The van der Waals surface area contributed by atoms with E-state index < -0.39 is 26.6 Å². The number of H-pyrrole nitrogens is 1. The number of hydrogen-bond acceptors (Lipinski definition) is 3. The summed E-state index contributed by atoms with van der Waals surface area (Å²) in [6.45, 7) is 1.35. The average Bonchev–Trinajstić information content (AvgIpc) is 2.69. The van der Waals surface area contributed by atoms with Crippen LogP contribution in [0.4, 0.5) is 14.6 Å². The van der Waals surface area contributed by atoms with E-state index in [0.717, 1.165) is 6.07 Å². The molecule has 0 unspecified atom stereocenters. The molecular formula is C10H8BrF2N3O2S. The third-order valence-electron chi connectivity index (χ3n) is 2.33. The van der Waals surface area contributed by atoms with Gasteiger partial charge in [-0.25, -0.2) is 17.2 Å². The van der Waals surface area contributed by atoms with Gasteiger partial charge in [-0.3, -0.25) is 9.82 Å². The Hall–Kier alpha value is -1.48. The van der Waals surface area contributed by atoms with E-state index in [1.165, 1.54) is 13.1 Å². The standard InChI is InChI=1S/C10H8BrF2N3O2S/c1-5-2-9(8(13)3-7(5)12)19(17,18)16-10-6(11)4-14-15-10/h2-4H,1H3,(H2,14,15,16). The summed E-state index contributed by atoms with van der Waals surface area (Å²) >= 11 is 3.06. The lowest BCUT2D eigenvalue weighted by Crippen LogP contribution is -2.15. The summed E-state index contributed by atoms with van der Waals surface area (Å²) in [5.41, 5.74) is 0.0328. The topological polar surface area (TPSA) is 74.8 Å². The minimum Gasteiger partial charge on any atom is -0.263 e. The molecule has 2 rings (SSSR count). The van der Waals surface area contributed by atoms with Crippen molar-refractivity contribution in [3.8, 4) is 0 Å². The van der Waals surface area contributed by atoms with Crippen molar-refractivity contribution in [3.05, 3.63) is 40.0 Å². The summed E-state index contributed by atoms with van der Waals surface area (Å²) < 4.78 is 53.1. The first kappa shape index (κ1) is 13.9. The molecule has 1 aromatic heterocycles. The van der Waals surface area contributed by atoms with E-state index in [-0.39, 0.29) is 11.4 Å². The smallest absolute Gasteiger partial charge is 0.263 e. The van der Waals surface area contributed by atoms with Gasteiger partial charge < -0.3 is 0 Å². The molecule has 5 nitrogen and oxygen atoms in total. The molecule has 0 saturated carbocycles. The molecule has 9 heteroatoms. The summed E-state index contributed by atoms with van der Waals surface area (Å²) in [6, 6.07) is 1.46. The Kier molecular flexibility index (Phi) is 3.59. The Morgan fingerprint density at radius 1 is 1.32 bits per heavy atom. The number of rotatable bonds is 3. The first-order chi connectivity index (χ1) is 8.81. The number of nitrogens with one attached hydrogen (secondary N) is 2. The maximum absolute atomic E-state index is 13.6. The van der Waals surface area contributed by atoms with E-state index >= 15 is 0 Å². The Morgan fingerprint density at radius 3 is 2.58 bits per heavy atom. The lowest BCUT2D eigenvalue weighted by Gasteiger charge is -2.08. The highest BCUT2D eigenvalue weighted by atomic mass is 79.9. The summed E-state index contributed by atoms with van der Waals surface area (Å²) in [7, 11) is -4.17. The van der Waals surface area contributed by atoms with Crippen molar-refractivity contribution in [2.24, 2.45) is 0 Å². The Bertz CT molecular complexity index is 730. The van der Waals surface area contributed by atoms with Gasteiger partial charge in [0, 0.05) is 6.07 Å². The van der Waals surface area contributed by atoms with Crippen LogP contribution in [0, 0.1) is 18.6 Å². The van der Waals surface area contributed by atoms with E-state index in [0.29, 0.717) is 10.5 Å². The van der Waals surface area contributed by atoms with E-state index in [9.17, 15) is 17.2 Å². The molecular weight excluding hydrogens is 344 g/mol. The van der Waals surface area contributed by atoms with Crippen LogP contribution in [-0.4, -0.2) is 18.6 Å². The van der Waals surface area contributed by atoms with Crippen molar-refractivity contribution in [1.29, 1.82) is 0 Å². The van der Waals surface area contributed by atoms with Crippen LogP contribution in [0.2, 0.25) is 0 Å². The molecule has 0 aliphatic carbocycles. The molecule has 2 aromatic rings. The van der Waals surface area contributed by atoms with Crippen LogP contribution in [0.15, 0.2) is 27.7 Å². The first-order valence-electron chi connectivity index (χ1n) is 4.98. The lowest BCUT2D eigenvalue weighted by molar-refractivity contribution is 0.547. The van der Waals surface area contributed by atoms with Gasteiger partial charge in [0.1, 0.15) is 22.3 Å². The summed E-state index contributed by atoms with van der Waals surface area (Å²) in [4.78, 5) is -0.632. The predicted molar refractivity (Wildman–Crippen MR) is 68.2 cm³/mol. The molecule has 102 valence electrons. The number of nitrogens with zero attached hydrogens (tertiary/aromatic N) is 1. The molecule has 1 heterocycles. The van der Waals surface area contributed by atoms with Gasteiger partial charge in [-0.15, -0.1) is 0 Å². The quantitative estimate of drug-likeness (QED) is 0.892. The molecule has 1 aromatic carbocycles. The molecule has 0 spiro atoms. The molecule has 0 saturated heterocycles. The Labute approximate surface area is 116 Å². The summed E-state index contributed by atoms with van der Waals surface area (Å²) in [5, 5.41) is 5.99. The fourth-order valence-corrected chi connectivity index (χ4v) is 2.97. The number of hydrogen-bond donors (Lipinski definition) is 2. The highest BCUT2D eigenvalue weighted by Gasteiger charge is 2.22. The second-order valence-corrected chi connectivity index (χ2v) is 6.24. The van der Waals surface area contributed by atoms with Crippen LogP contribution in [-0.2, 0) is 10.0 Å². The van der Waals surface area contributed by atoms with Crippen molar-refractivity contribution in [3.63, 3.8) is 0 Å². The third-order valence-corrected chi connectivity index (χ3v) is 4.30. The van der Waals surface area contributed by atoms with Gasteiger partial charge in [-0.2, -0.15) is 5.10 Å². The highest BCUT2D eigenvalue weighted by Crippen LogP contribution is 2.24. The number of sulfonamides is 1. The molecule has 0 amide bonds. The number of halogens is 3. The van der Waals surface area contributed by atoms with Crippen LogP contribution in [0.5, 0.6) is 0 Å². The van der Waals surface area contributed by atoms with Gasteiger partial charge in [0.25, 0.3) is 10.0 Å². The van der Waals surface area contributed by atoms with Gasteiger partial charge in [0.2, 0.25) is 0 Å². The van der Waals surface area contributed by atoms with Crippen LogP contribution < -0.4 is 4.72 Å². The average molecular weight is 352 g/mol. The molecule has 0 radical (unpaired) electrons. The van der Waals surface area contributed by atoms with E-state index in [1.54, 1.807) is 0 Å². The zero-order valence-electron chi connectivity index (χ0n) is 9.54. The monoisotopic (exact) mass is 351 g/mol. The summed E-state index contributed by atoms with van der Waals surface area (Å²) in [5.74, 6) is -1.91. The van der Waals surface area contributed by atoms with Crippen molar-refractivity contribution in [2.75, 3.05) is 4.72 Å². The number of aryl methyl sites for hydroxylation is 1. The Balaban J connectivity index is 2.46. The molecule has 0 atom stereocenters. The molecule has 2 N–H and O–H groups in total. The highest BCUT2D eigenvalue weighted by molar-refractivity contribution is 9.10. The number of anilines is 1. The van der Waals surface area contributed by atoms with Crippen LogP contribution in [0.3, 0.4) is 0 Å². The predicted octanol–water partition coefficient (Wildman–Crippen LogP) is 2.56. The number of benzene rings is 1. The fraction of sp³-hybridized carbons (Fsp3) is 0.100. The normalized spacial score (nSPS) is 11.6. The van der Waals surface area contributed by atoms with Crippen molar-refractivity contribution >= 4 is 31.8 Å². The second-order valence-electron chi connectivity index (χ2n) is 3.73. The zero-order chi connectivity index (χ0) is 14.2. The minimum atomic E-state index is -4.17. The number of aromatic nitrogens is 2. The van der Waals surface area contributed by atoms with Crippen LogP contribution in [0.1, 0.15) is 5.56 Å². The summed E-state index contributed by atoms with van der Waals surface area (Å²) in [6.07, 6.45) is 1.34. The van der Waals surface area contributed by atoms with Crippen molar-refractivity contribution in [1.82, 2.24) is 10.2 Å². The fourth-order valence-electron chi connectivity index (χ4n) is 1.37. The van der Waals surface area contributed by atoms with Gasteiger partial charge >= 0.3 is 0 Å². The second kappa shape index (κ2) is 4.89. The molecule has 19 heavy (non-hydrogen) atoms.